The number of nitrogens with two attached hydrogens (primary N) is 1. The quantitative estimate of drug-likeness (QED) is 0.567. The topological polar surface area (TPSA) is 35.2 Å². The Morgan fingerprint density at radius 2 is 2.33 bits per heavy atom. The predicted molar refractivity (Wildman–Crippen MR) is 37.2 cm³/mol. The lowest BCUT2D eigenvalue weighted by molar-refractivity contribution is -0.00228. The zero-order valence-electron chi connectivity index (χ0n) is 5.97. The van der Waals surface area contributed by atoms with Crippen LogP contribution in [0.15, 0.2) is 0 Å². The van der Waals surface area contributed by atoms with Gasteiger partial charge in [-0.1, -0.05) is 0 Å². The summed E-state index contributed by atoms with van der Waals surface area (Å²) in [5, 5.41) is 0. The SMILES string of the molecule is CC1CCC(CN)CO1. The fraction of sp³-hybridized carbons (Fsp3) is 1.00. The van der Waals surface area contributed by atoms with Gasteiger partial charge in [0.2, 0.25) is 0 Å². The lowest BCUT2D eigenvalue weighted by Crippen LogP contribution is -2.28. The van der Waals surface area contributed by atoms with E-state index in [-0.39, 0.29) is 0 Å². The summed E-state index contributed by atoms with van der Waals surface area (Å²) in [6.45, 7) is 3.77. The third-order valence-corrected chi connectivity index (χ3v) is 1.93. The van der Waals surface area contributed by atoms with Crippen LogP contribution in [0, 0.1) is 5.92 Å². The van der Waals surface area contributed by atoms with Gasteiger partial charge in [0, 0.05) is 0 Å². The Morgan fingerprint density at radius 3 is 2.78 bits per heavy atom. The first-order valence-electron chi connectivity index (χ1n) is 3.64. The van der Waals surface area contributed by atoms with Gasteiger partial charge in [-0.25, -0.2) is 0 Å². The van der Waals surface area contributed by atoms with E-state index in [1.165, 1.54) is 12.8 Å². The summed E-state index contributed by atoms with van der Waals surface area (Å²) >= 11 is 0. The van der Waals surface area contributed by atoms with Gasteiger partial charge < -0.3 is 10.5 Å². The molecule has 54 valence electrons. The molecule has 2 unspecified atom stereocenters. The number of hydrogen-bond acceptors (Lipinski definition) is 2. The Kier molecular flexibility index (Phi) is 2.49. The minimum atomic E-state index is 0.466. The predicted octanol–water partition coefficient (Wildman–Crippen LogP) is 0.760. The first-order valence-corrected chi connectivity index (χ1v) is 3.64. The molecule has 0 saturated carbocycles. The van der Waals surface area contributed by atoms with E-state index >= 15 is 0 Å². The molecule has 2 atom stereocenters. The van der Waals surface area contributed by atoms with Crippen molar-refractivity contribution in [3.05, 3.63) is 0 Å². The molecule has 1 rings (SSSR count). The summed E-state index contributed by atoms with van der Waals surface area (Å²) in [6.07, 6.45) is 2.90. The van der Waals surface area contributed by atoms with E-state index in [0.717, 1.165) is 13.2 Å². The zero-order valence-corrected chi connectivity index (χ0v) is 5.97. The molecule has 0 bridgehead atoms. The first-order chi connectivity index (χ1) is 4.33. The van der Waals surface area contributed by atoms with Crippen molar-refractivity contribution >= 4 is 0 Å². The number of hydrogen-bond donors (Lipinski definition) is 1. The Morgan fingerprint density at radius 1 is 1.56 bits per heavy atom. The van der Waals surface area contributed by atoms with Crippen LogP contribution in [-0.4, -0.2) is 19.3 Å². The lowest BCUT2D eigenvalue weighted by atomic mass is 10.00. The van der Waals surface area contributed by atoms with Crippen LogP contribution in [0.25, 0.3) is 0 Å². The molecule has 1 heterocycles. The highest BCUT2D eigenvalue weighted by atomic mass is 16.5. The van der Waals surface area contributed by atoms with E-state index in [2.05, 4.69) is 6.92 Å². The highest BCUT2D eigenvalue weighted by Crippen LogP contribution is 2.16. The first kappa shape index (κ1) is 7.03. The maximum Gasteiger partial charge on any atom is 0.0547 e. The van der Waals surface area contributed by atoms with Crippen LogP contribution in [0.3, 0.4) is 0 Å². The van der Waals surface area contributed by atoms with E-state index in [1.54, 1.807) is 0 Å². The van der Waals surface area contributed by atoms with Crippen LogP contribution < -0.4 is 5.73 Å². The minimum absolute atomic E-state index is 0.466. The van der Waals surface area contributed by atoms with Crippen LogP contribution in [0.4, 0.5) is 0 Å². The van der Waals surface area contributed by atoms with E-state index in [4.69, 9.17) is 10.5 Å². The Bertz CT molecular complexity index is 77.0. The van der Waals surface area contributed by atoms with Crippen molar-refractivity contribution in [1.82, 2.24) is 0 Å². The highest BCUT2D eigenvalue weighted by Gasteiger charge is 2.16. The Balaban J connectivity index is 2.18. The van der Waals surface area contributed by atoms with E-state index in [1.807, 2.05) is 0 Å². The van der Waals surface area contributed by atoms with Gasteiger partial charge in [0.15, 0.2) is 0 Å². The molecule has 0 aliphatic carbocycles. The maximum absolute atomic E-state index is 5.47. The molecule has 0 aromatic rings. The summed E-state index contributed by atoms with van der Waals surface area (Å²) in [5.41, 5.74) is 5.47. The number of ether oxygens (including phenoxy) is 1. The molecular weight excluding hydrogens is 114 g/mol. The van der Waals surface area contributed by atoms with Gasteiger partial charge in [-0.3, -0.25) is 0 Å². The molecule has 9 heavy (non-hydrogen) atoms. The maximum atomic E-state index is 5.47. The summed E-state index contributed by atoms with van der Waals surface area (Å²) in [6, 6.07) is 0. The van der Waals surface area contributed by atoms with E-state index in [0.29, 0.717) is 12.0 Å². The van der Waals surface area contributed by atoms with Crippen LogP contribution in [0.1, 0.15) is 19.8 Å². The molecule has 2 nitrogen and oxygen atoms in total. The van der Waals surface area contributed by atoms with Crippen molar-refractivity contribution in [2.75, 3.05) is 13.2 Å². The van der Waals surface area contributed by atoms with Gasteiger partial charge in [-0.05, 0) is 32.2 Å². The highest BCUT2D eigenvalue weighted by molar-refractivity contribution is 4.67. The van der Waals surface area contributed by atoms with Gasteiger partial charge in [0.05, 0.1) is 12.7 Å². The van der Waals surface area contributed by atoms with E-state index < -0.39 is 0 Å². The van der Waals surface area contributed by atoms with Crippen molar-refractivity contribution in [3.63, 3.8) is 0 Å². The fourth-order valence-electron chi connectivity index (χ4n) is 1.12. The Hall–Kier alpha value is -0.0800. The molecule has 2 heteroatoms. The fourth-order valence-corrected chi connectivity index (χ4v) is 1.12. The van der Waals surface area contributed by atoms with Gasteiger partial charge in [0.1, 0.15) is 0 Å². The van der Waals surface area contributed by atoms with Crippen LogP contribution in [0.5, 0.6) is 0 Å². The zero-order chi connectivity index (χ0) is 6.69. The molecule has 0 aromatic carbocycles. The van der Waals surface area contributed by atoms with Crippen molar-refractivity contribution in [2.24, 2.45) is 11.7 Å². The second-order valence-electron chi connectivity index (χ2n) is 2.82. The van der Waals surface area contributed by atoms with Gasteiger partial charge >= 0.3 is 0 Å². The third kappa shape index (κ3) is 1.95. The molecule has 0 spiro atoms. The molecule has 0 aromatic heterocycles. The third-order valence-electron chi connectivity index (χ3n) is 1.93. The average Bonchev–Trinajstić information content (AvgIpc) is 1.90. The molecule has 0 radical (unpaired) electrons. The monoisotopic (exact) mass is 129 g/mol. The summed E-state index contributed by atoms with van der Waals surface area (Å²) in [7, 11) is 0. The van der Waals surface area contributed by atoms with Crippen molar-refractivity contribution in [1.29, 1.82) is 0 Å². The molecule has 1 aliphatic rings. The molecule has 1 fully saturated rings. The molecule has 0 amide bonds. The van der Waals surface area contributed by atoms with Gasteiger partial charge in [-0.15, -0.1) is 0 Å². The Labute approximate surface area is 56.4 Å². The van der Waals surface area contributed by atoms with Crippen molar-refractivity contribution in [2.45, 2.75) is 25.9 Å². The standard InChI is InChI=1S/C7H15NO/c1-6-2-3-7(4-8)5-9-6/h6-7H,2-5,8H2,1H3. The van der Waals surface area contributed by atoms with Crippen LogP contribution in [0.2, 0.25) is 0 Å². The minimum Gasteiger partial charge on any atom is -0.378 e. The molecular formula is C7H15NO. The van der Waals surface area contributed by atoms with Crippen LogP contribution >= 0.6 is 0 Å². The normalized spacial score (nSPS) is 36.7. The van der Waals surface area contributed by atoms with Crippen molar-refractivity contribution < 1.29 is 4.74 Å². The summed E-state index contributed by atoms with van der Waals surface area (Å²) in [5.74, 6) is 0.626. The number of rotatable bonds is 1. The van der Waals surface area contributed by atoms with Crippen LogP contribution in [-0.2, 0) is 4.74 Å². The lowest BCUT2D eigenvalue weighted by Gasteiger charge is -2.25. The largest absolute Gasteiger partial charge is 0.378 e. The molecule has 2 N–H and O–H groups in total. The summed E-state index contributed by atoms with van der Waals surface area (Å²) in [4.78, 5) is 0. The van der Waals surface area contributed by atoms with E-state index in [9.17, 15) is 0 Å². The smallest absolute Gasteiger partial charge is 0.0547 e. The molecule has 1 saturated heterocycles. The average molecular weight is 129 g/mol. The summed E-state index contributed by atoms with van der Waals surface area (Å²) < 4.78 is 5.40. The second-order valence-corrected chi connectivity index (χ2v) is 2.82. The van der Waals surface area contributed by atoms with Gasteiger partial charge in [0.25, 0.3) is 0 Å². The van der Waals surface area contributed by atoms with Gasteiger partial charge in [-0.2, -0.15) is 0 Å². The second kappa shape index (κ2) is 3.18. The van der Waals surface area contributed by atoms with Crippen molar-refractivity contribution in [3.8, 4) is 0 Å². The molecule has 1 aliphatic heterocycles.